The molecule has 0 radical (unpaired) electrons. The van der Waals surface area contributed by atoms with Crippen molar-refractivity contribution in [3.05, 3.63) is 510 Å². The van der Waals surface area contributed by atoms with Crippen LogP contribution in [0.3, 0.4) is 0 Å². The molecule has 0 spiro atoms. The zero-order chi connectivity index (χ0) is 99.1. The summed E-state index contributed by atoms with van der Waals surface area (Å²) >= 11 is 0. The number of hydrogen-bond acceptors (Lipinski definition) is 12. The molecule has 0 unspecified atom stereocenters. The van der Waals surface area contributed by atoms with Crippen LogP contribution in [0.1, 0.15) is 0 Å². The Morgan fingerprint density at radius 3 is 0.720 bits per heavy atom. The molecule has 0 saturated carbocycles. The number of aromatic nitrogens is 12. The Morgan fingerprint density at radius 1 is 0.127 bits per heavy atom. The van der Waals surface area contributed by atoms with Gasteiger partial charge >= 0.3 is 0 Å². The summed E-state index contributed by atoms with van der Waals surface area (Å²) < 4.78 is 25.3. The minimum Gasteiger partial charge on any atom is -0.456 e. The van der Waals surface area contributed by atoms with Crippen LogP contribution in [0.4, 0.5) is 0 Å². The molecule has 0 amide bonds. The van der Waals surface area contributed by atoms with Crippen molar-refractivity contribution < 1.29 is 13.3 Å². The number of furan rings is 3. The maximum absolute atomic E-state index is 6.16. The van der Waals surface area contributed by atoms with Gasteiger partial charge in [-0.3, -0.25) is 4.57 Å². The van der Waals surface area contributed by atoms with E-state index >= 15 is 0 Å². The minimum absolute atomic E-state index is 0.581. The fraction of sp³-hybridized carbons (Fsp3) is 0. The van der Waals surface area contributed by atoms with E-state index in [1.54, 1.807) is 0 Å². The number of hydrogen-bond donors (Lipinski definition) is 0. The fourth-order valence-corrected chi connectivity index (χ4v) is 21.3. The first kappa shape index (κ1) is 87.3. The number of nitrogens with zero attached hydrogens (tertiary/aromatic N) is 12. The molecule has 0 fully saturated rings. The molecule has 30 aromatic rings. The summed E-state index contributed by atoms with van der Waals surface area (Å²) in [5, 5.41) is 13.7. The summed E-state index contributed by atoms with van der Waals surface area (Å²) in [7, 11) is 0. The van der Waals surface area contributed by atoms with Crippen molar-refractivity contribution in [2.45, 2.75) is 0 Å². The highest BCUT2D eigenvalue weighted by molar-refractivity contribution is 6.16. The van der Waals surface area contributed by atoms with Crippen LogP contribution in [0, 0.1) is 0 Å². The highest BCUT2D eigenvalue weighted by Crippen LogP contribution is 2.46. The van der Waals surface area contributed by atoms with Gasteiger partial charge in [0.1, 0.15) is 33.5 Å². The third-order valence-corrected chi connectivity index (χ3v) is 28.4. The molecule has 30 rings (SSSR count). The van der Waals surface area contributed by atoms with Crippen molar-refractivity contribution in [1.29, 1.82) is 0 Å². The SMILES string of the molecule is c1ccc(-c2cccc(-c3nc(-c4ccccc4)nc(-c4ccccc4-n4c5ccccc5c5ccc(-c6ccc7oc8ccccc8c7c6)cc54)n3)c2)cc1.c1ccc(-c2nc(-c3ccccc3)nc(-c3ccccc3-n3c4ccccc4c4ccc(-c5ccc6oc7ccccc7c6c5)cc43)n2)cc1.c1ccc(-c2nc(-c3ccccc3)nc(-n3c4ccccc4c4ccc(-c5ccc6oc7ccccc7c6c5)cc43)n2)cc1. The van der Waals surface area contributed by atoms with E-state index in [2.05, 4.69) is 329 Å². The number of rotatable bonds is 15. The minimum atomic E-state index is 0.581. The van der Waals surface area contributed by atoms with E-state index < -0.39 is 0 Å². The van der Waals surface area contributed by atoms with Crippen LogP contribution in [0.2, 0.25) is 0 Å². The predicted molar refractivity (Wildman–Crippen MR) is 610 cm³/mol. The normalized spacial score (nSPS) is 11.6. The standard InChI is InChI=1S/C51H32N4O.C45H28N4O.C39H24N4O/c1-3-14-33(15-4-1)35-18-13-19-38(30-35)50-52-49(34-16-5-2-6-17-34)53-51(54-50)42-22-8-11-24-45(42)55-44-23-10-7-20-39(44)40-28-26-37(32-46(40)55)36-27-29-48-43(31-36)41-21-9-12-25-47(41)56-48;1-3-13-29(14-4-1)43-46-44(30-15-5-2-6-16-30)48-45(47-43)36-19-8-11-21-39(36)49-38-20-10-7-17-33(38)34-25-23-32(28-40(34)49)31-24-26-42-37(27-31)35-18-9-12-22-41(35)50-42;1-3-11-25(12-4-1)37-40-38(26-13-5-2-6-14-26)42-39(41-37)43-33-17-9-7-15-29(33)30-21-19-28(24-34(30)43)27-20-22-36-32(23-27)31-16-8-10-18-35(31)44-36/h1-32H;1-28H;1-24H. The first-order chi connectivity index (χ1) is 74.3. The lowest BCUT2D eigenvalue weighted by Crippen LogP contribution is -2.06. The zero-order valence-corrected chi connectivity index (χ0v) is 80.6. The summed E-state index contributed by atoms with van der Waals surface area (Å²) in [6.45, 7) is 0. The van der Waals surface area contributed by atoms with Gasteiger partial charge in [-0.2, -0.15) is 9.97 Å². The first-order valence-corrected chi connectivity index (χ1v) is 50.1. The highest BCUT2D eigenvalue weighted by atomic mass is 16.3. The molecule has 9 aromatic heterocycles. The van der Waals surface area contributed by atoms with E-state index in [0.717, 1.165) is 210 Å². The average molecular weight is 1920 g/mol. The third-order valence-electron chi connectivity index (χ3n) is 28.4. The number of fused-ring (bicyclic) bond motifs is 18. The highest BCUT2D eigenvalue weighted by Gasteiger charge is 2.27. The van der Waals surface area contributed by atoms with E-state index in [-0.39, 0.29) is 0 Å². The Bertz CT molecular complexity index is 10400. The molecule has 21 aromatic carbocycles. The number of para-hydroxylation sites is 8. The van der Waals surface area contributed by atoms with E-state index in [4.69, 9.17) is 58.1 Å². The zero-order valence-electron chi connectivity index (χ0n) is 80.6. The van der Waals surface area contributed by atoms with Gasteiger partial charge in [-0.25, -0.2) is 34.9 Å². The van der Waals surface area contributed by atoms with E-state index in [1.165, 1.54) is 21.5 Å². The maximum atomic E-state index is 6.16. The topological polar surface area (TPSA) is 170 Å². The van der Waals surface area contributed by atoms with Crippen LogP contribution in [0.15, 0.2) is 523 Å². The van der Waals surface area contributed by atoms with Crippen molar-refractivity contribution in [2.24, 2.45) is 0 Å². The lowest BCUT2D eigenvalue weighted by Gasteiger charge is -2.15. The van der Waals surface area contributed by atoms with E-state index in [9.17, 15) is 0 Å². The van der Waals surface area contributed by atoms with Crippen molar-refractivity contribution in [3.63, 3.8) is 0 Å². The molecule has 0 aliphatic heterocycles. The molecular formula is C135H84N12O3. The Hall–Kier alpha value is -20.6. The molecule has 0 aliphatic carbocycles. The smallest absolute Gasteiger partial charge is 0.238 e. The lowest BCUT2D eigenvalue weighted by molar-refractivity contribution is 0.668. The lowest BCUT2D eigenvalue weighted by atomic mass is 10.0. The van der Waals surface area contributed by atoms with Crippen LogP contribution in [0.5, 0.6) is 0 Å². The molecular weight excluding hydrogens is 1840 g/mol. The fourth-order valence-electron chi connectivity index (χ4n) is 21.3. The van der Waals surface area contributed by atoms with E-state index in [0.29, 0.717) is 52.5 Å². The van der Waals surface area contributed by atoms with Gasteiger partial charge in [0.15, 0.2) is 46.6 Å². The second-order valence-electron chi connectivity index (χ2n) is 37.4. The second-order valence-corrected chi connectivity index (χ2v) is 37.4. The third kappa shape index (κ3) is 15.8. The van der Waals surface area contributed by atoms with Gasteiger partial charge in [0.2, 0.25) is 5.95 Å². The largest absolute Gasteiger partial charge is 0.456 e. The van der Waals surface area contributed by atoms with Crippen LogP contribution in [0.25, 0.3) is 284 Å². The first-order valence-electron chi connectivity index (χ1n) is 50.1. The summed E-state index contributed by atoms with van der Waals surface area (Å²) in [5.74, 6) is 5.58. The van der Waals surface area contributed by atoms with Crippen molar-refractivity contribution in [2.75, 3.05) is 0 Å². The molecule has 9 heterocycles. The van der Waals surface area contributed by atoms with Gasteiger partial charge in [-0.05, 0) is 166 Å². The molecule has 0 N–H and O–H groups in total. The Labute approximate surface area is 859 Å². The van der Waals surface area contributed by atoms with Crippen molar-refractivity contribution in [3.8, 4) is 153 Å². The predicted octanol–water partition coefficient (Wildman–Crippen LogP) is 34.6. The van der Waals surface area contributed by atoms with Gasteiger partial charge in [0.05, 0.1) is 44.5 Å². The van der Waals surface area contributed by atoms with Crippen molar-refractivity contribution >= 4 is 131 Å². The van der Waals surface area contributed by atoms with Gasteiger partial charge in [-0.1, -0.05) is 388 Å². The van der Waals surface area contributed by atoms with Gasteiger partial charge in [-0.15, -0.1) is 0 Å². The molecule has 15 nitrogen and oxygen atoms in total. The Kier molecular flexibility index (Phi) is 21.5. The summed E-state index contributed by atoms with van der Waals surface area (Å²) in [4.78, 5) is 45.7. The van der Waals surface area contributed by atoms with Crippen LogP contribution < -0.4 is 0 Å². The molecule has 0 saturated heterocycles. The molecule has 0 atom stereocenters. The van der Waals surface area contributed by atoms with Crippen LogP contribution in [-0.2, 0) is 0 Å². The molecule has 15 heteroatoms. The number of benzene rings is 21. The Balaban J connectivity index is 0.000000109. The van der Waals surface area contributed by atoms with Crippen LogP contribution in [-0.4, -0.2) is 58.6 Å². The van der Waals surface area contributed by atoms with E-state index in [1.807, 2.05) is 194 Å². The average Bonchev–Trinajstić information content (AvgIpc) is 1.58. The molecule has 0 bridgehead atoms. The monoisotopic (exact) mass is 1920 g/mol. The quantitative estimate of drug-likeness (QED) is 0.0953. The van der Waals surface area contributed by atoms with Gasteiger partial charge in [0, 0.05) is 109 Å². The summed E-state index contributed by atoms with van der Waals surface area (Å²) in [5.41, 5.74) is 30.3. The molecule has 702 valence electrons. The maximum Gasteiger partial charge on any atom is 0.238 e. The molecule has 150 heavy (non-hydrogen) atoms. The van der Waals surface area contributed by atoms with Gasteiger partial charge < -0.3 is 22.4 Å². The van der Waals surface area contributed by atoms with Crippen LogP contribution >= 0.6 is 0 Å². The van der Waals surface area contributed by atoms with Gasteiger partial charge in [0.25, 0.3) is 0 Å². The second kappa shape index (κ2) is 37.0. The molecule has 0 aliphatic rings. The Morgan fingerprint density at radius 2 is 0.360 bits per heavy atom. The summed E-state index contributed by atoms with van der Waals surface area (Å²) in [6, 6.07) is 176. The van der Waals surface area contributed by atoms with Crippen molar-refractivity contribution in [1.82, 2.24) is 58.6 Å². The summed E-state index contributed by atoms with van der Waals surface area (Å²) in [6.07, 6.45) is 0.